The number of para-hydroxylation sites is 1. The highest BCUT2D eigenvalue weighted by Gasteiger charge is 2.40. The van der Waals surface area contributed by atoms with Crippen molar-refractivity contribution in [2.45, 2.75) is 18.9 Å². The Morgan fingerprint density at radius 3 is 2.91 bits per heavy atom. The molecule has 0 radical (unpaired) electrons. The van der Waals surface area contributed by atoms with Crippen LogP contribution in [0.3, 0.4) is 0 Å². The van der Waals surface area contributed by atoms with Crippen LogP contribution in [0.25, 0.3) is 10.2 Å². The largest absolute Gasteiger partial charge is 0.331 e. The first-order valence-corrected chi connectivity index (χ1v) is 8.70. The minimum Gasteiger partial charge on any atom is -0.318 e. The number of likely N-dealkylation sites (N-methyl/N-ethyl adjacent to an activating group) is 1. The molecule has 1 aromatic heterocycles. The zero-order valence-corrected chi connectivity index (χ0v) is 13.8. The van der Waals surface area contributed by atoms with Gasteiger partial charge in [0.15, 0.2) is 11.7 Å². The Balaban J connectivity index is 1.57. The molecular formula is C16H19N4O2S+. The lowest BCUT2D eigenvalue weighted by Crippen LogP contribution is -3.12. The van der Waals surface area contributed by atoms with Crippen molar-refractivity contribution in [2.75, 3.05) is 26.8 Å². The standard InChI is InChI=1S/C16H18N4O2S/c1-18-9-14(21)20(16(18)22)10-19-8-4-6-12(19)15-17-11-5-2-3-7-13(11)23-15/h2-3,5,7,12H,4,6,8-10H2,1H3/p+1/t12-/m0/s1. The number of carbonyl (C=O) groups excluding carboxylic acids is 2. The average molecular weight is 331 g/mol. The predicted octanol–water partition coefficient (Wildman–Crippen LogP) is 0.868. The third-order valence-corrected chi connectivity index (χ3v) is 5.83. The molecule has 0 aliphatic carbocycles. The highest BCUT2D eigenvalue weighted by Crippen LogP contribution is 2.28. The molecule has 2 atom stereocenters. The summed E-state index contributed by atoms with van der Waals surface area (Å²) in [6.07, 6.45) is 2.16. The van der Waals surface area contributed by atoms with E-state index in [0.29, 0.717) is 6.67 Å². The van der Waals surface area contributed by atoms with Gasteiger partial charge in [0.05, 0.1) is 16.8 Å². The lowest BCUT2D eigenvalue weighted by Gasteiger charge is -2.23. The fourth-order valence-corrected chi connectivity index (χ4v) is 4.63. The van der Waals surface area contributed by atoms with Crippen molar-refractivity contribution in [3.05, 3.63) is 29.3 Å². The summed E-state index contributed by atoms with van der Waals surface area (Å²) in [5.74, 6) is -0.0973. The number of carbonyl (C=O) groups is 2. The molecule has 3 amide bonds. The summed E-state index contributed by atoms with van der Waals surface area (Å²) >= 11 is 1.73. The fourth-order valence-electron chi connectivity index (χ4n) is 3.47. The van der Waals surface area contributed by atoms with Crippen LogP contribution in [-0.2, 0) is 4.79 Å². The number of hydrogen-bond acceptors (Lipinski definition) is 4. The zero-order chi connectivity index (χ0) is 16.0. The van der Waals surface area contributed by atoms with E-state index in [9.17, 15) is 9.59 Å². The molecule has 7 heteroatoms. The van der Waals surface area contributed by atoms with Crippen LogP contribution < -0.4 is 4.90 Å². The van der Waals surface area contributed by atoms with Crippen molar-refractivity contribution in [2.24, 2.45) is 0 Å². The Labute approximate surface area is 138 Å². The second-order valence-corrected chi connectivity index (χ2v) is 7.30. The van der Waals surface area contributed by atoms with Gasteiger partial charge in [-0.25, -0.2) is 14.7 Å². The van der Waals surface area contributed by atoms with Gasteiger partial charge >= 0.3 is 6.03 Å². The van der Waals surface area contributed by atoms with Gasteiger partial charge in [-0.05, 0) is 12.1 Å². The van der Waals surface area contributed by atoms with Crippen LogP contribution in [0.2, 0.25) is 0 Å². The summed E-state index contributed by atoms with van der Waals surface area (Å²) in [5.41, 5.74) is 1.03. The number of aromatic nitrogens is 1. The number of quaternary nitrogens is 1. The first-order chi connectivity index (χ1) is 11.1. The van der Waals surface area contributed by atoms with E-state index in [2.05, 4.69) is 6.07 Å². The van der Waals surface area contributed by atoms with Crippen LogP contribution >= 0.6 is 11.3 Å². The van der Waals surface area contributed by atoms with Crippen LogP contribution in [0, 0.1) is 0 Å². The molecule has 1 aromatic carbocycles. The number of nitrogens with zero attached hydrogens (tertiary/aromatic N) is 3. The molecule has 4 rings (SSSR count). The van der Waals surface area contributed by atoms with E-state index in [0.717, 1.165) is 29.9 Å². The Bertz CT molecular complexity index is 741. The maximum absolute atomic E-state index is 12.1. The number of rotatable bonds is 3. The fraction of sp³-hybridized carbons (Fsp3) is 0.438. The number of imide groups is 1. The van der Waals surface area contributed by atoms with Gasteiger partial charge in [0, 0.05) is 19.9 Å². The predicted molar refractivity (Wildman–Crippen MR) is 87.2 cm³/mol. The number of benzene rings is 1. The molecule has 1 unspecified atom stereocenters. The highest BCUT2D eigenvalue weighted by molar-refractivity contribution is 7.18. The van der Waals surface area contributed by atoms with Crippen LogP contribution in [0.4, 0.5) is 4.79 Å². The molecule has 6 nitrogen and oxygen atoms in total. The van der Waals surface area contributed by atoms with Crippen LogP contribution in [0.1, 0.15) is 23.9 Å². The van der Waals surface area contributed by atoms with E-state index >= 15 is 0 Å². The minimum atomic E-state index is -0.183. The first kappa shape index (κ1) is 14.6. The molecule has 0 bridgehead atoms. The average Bonchev–Trinajstić information content (AvgIpc) is 3.22. The second-order valence-electron chi connectivity index (χ2n) is 6.24. The molecular weight excluding hydrogens is 312 g/mol. The van der Waals surface area contributed by atoms with Crippen molar-refractivity contribution >= 4 is 33.5 Å². The minimum absolute atomic E-state index is 0.0973. The Kier molecular flexibility index (Phi) is 3.54. The third-order valence-electron chi connectivity index (χ3n) is 4.68. The molecule has 2 saturated heterocycles. The van der Waals surface area contributed by atoms with Gasteiger partial charge in [0.1, 0.15) is 12.6 Å². The lowest BCUT2D eigenvalue weighted by atomic mass is 10.2. The van der Waals surface area contributed by atoms with Gasteiger partial charge in [0.2, 0.25) is 0 Å². The first-order valence-electron chi connectivity index (χ1n) is 7.89. The van der Waals surface area contributed by atoms with E-state index in [1.807, 2.05) is 18.2 Å². The van der Waals surface area contributed by atoms with Gasteiger partial charge in [-0.2, -0.15) is 0 Å². The number of hydrogen-bond donors (Lipinski definition) is 1. The monoisotopic (exact) mass is 331 g/mol. The molecule has 3 heterocycles. The number of thiazole rings is 1. The van der Waals surface area contributed by atoms with Gasteiger partial charge in [-0.1, -0.05) is 12.1 Å². The van der Waals surface area contributed by atoms with Crippen molar-refractivity contribution in [3.8, 4) is 0 Å². The van der Waals surface area contributed by atoms with Crippen LogP contribution in [0.5, 0.6) is 0 Å². The van der Waals surface area contributed by atoms with Gasteiger partial charge < -0.3 is 9.80 Å². The Morgan fingerprint density at radius 2 is 2.17 bits per heavy atom. The summed E-state index contributed by atoms with van der Waals surface area (Å²) in [6.45, 7) is 1.61. The smallest absolute Gasteiger partial charge is 0.318 e. The van der Waals surface area contributed by atoms with Crippen molar-refractivity contribution < 1.29 is 14.5 Å². The van der Waals surface area contributed by atoms with Crippen molar-refractivity contribution in [1.82, 2.24) is 14.8 Å². The normalized spacial score (nSPS) is 25.1. The van der Waals surface area contributed by atoms with Gasteiger partial charge in [-0.3, -0.25) is 4.79 Å². The number of fused-ring (bicyclic) bond motifs is 1. The molecule has 0 spiro atoms. The maximum atomic E-state index is 12.1. The zero-order valence-electron chi connectivity index (χ0n) is 13.0. The third kappa shape index (κ3) is 2.49. The van der Waals surface area contributed by atoms with Crippen molar-refractivity contribution in [1.29, 1.82) is 0 Å². The highest BCUT2D eigenvalue weighted by atomic mass is 32.1. The molecule has 2 fully saturated rings. The number of nitrogens with one attached hydrogen (secondary N) is 1. The molecule has 2 aliphatic rings. The number of likely N-dealkylation sites (tertiary alicyclic amines) is 1. The van der Waals surface area contributed by atoms with Gasteiger partial charge in [0.25, 0.3) is 5.91 Å². The maximum Gasteiger partial charge on any atom is 0.331 e. The Hall–Kier alpha value is -1.99. The van der Waals surface area contributed by atoms with E-state index in [1.54, 1.807) is 18.4 Å². The topological polar surface area (TPSA) is 58.0 Å². The quantitative estimate of drug-likeness (QED) is 0.849. The van der Waals surface area contributed by atoms with E-state index < -0.39 is 0 Å². The molecule has 1 N–H and O–H groups in total. The van der Waals surface area contributed by atoms with Crippen LogP contribution in [-0.4, -0.2) is 53.5 Å². The molecule has 2 aliphatic heterocycles. The summed E-state index contributed by atoms with van der Waals surface area (Å²) in [7, 11) is 1.67. The SMILES string of the molecule is CN1CC(=O)N(C[NH+]2CCC[C@H]2c2nc3ccccc3s2)C1=O. The lowest BCUT2D eigenvalue weighted by molar-refractivity contribution is -0.925. The van der Waals surface area contributed by atoms with E-state index in [1.165, 1.54) is 19.4 Å². The molecule has 2 aromatic rings. The number of urea groups is 1. The van der Waals surface area contributed by atoms with Crippen LogP contribution in [0.15, 0.2) is 24.3 Å². The second kappa shape index (κ2) is 5.58. The summed E-state index contributed by atoms with van der Waals surface area (Å²) < 4.78 is 1.20. The summed E-state index contributed by atoms with van der Waals surface area (Å²) in [5, 5.41) is 1.12. The van der Waals surface area contributed by atoms with E-state index in [4.69, 9.17) is 4.98 Å². The Morgan fingerprint density at radius 1 is 1.35 bits per heavy atom. The van der Waals surface area contributed by atoms with Crippen molar-refractivity contribution in [3.63, 3.8) is 0 Å². The van der Waals surface area contributed by atoms with E-state index in [-0.39, 0.29) is 24.5 Å². The molecule has 0 saturated carbocycles. The molecule has 120 valence electrons. The summed E-state index contributed by atoms with van der Waals surface area (Å²) in [6, 6.07) is 8.25. The molecule has 23 heavy (non-hydrogen) atoms. The number of amides is 3. The summed E-state index contributed by atoms with van der Waals surface area (Å²) in [4.78, 5) is 33.0. The van der Waals surface area contributed by atoms with Gasteiger partial charge in [-0.15, -0.1) is 11.3 Å².